The maximum atomic E-state index is 12.0. The molecule has 1 rings (SSSR count). The third-order valence-electron chi connectivity index (χ3n) is 3.09. The van der Waals surface area contributed by atoms with E-state index in [9.17, 15) is 4.79 Å². The monoisotopic (exact) mass is 295 g/mol. The second-order valence-electron chi connectivity index (χ2n) is 4.78. The van der Waals surface area contributed by atoms with Crippen molar-refractivity contribution >= 4 is 28.0 Å². The average molecular weight is 295 g/mol. The van der Waals surface area contributed by atoms with Gasteiger partial charge in [-0.1, -0.05) is 20.8 Å². The lowest BCUT2D eigenvalue weighted by atomic mass is 10.0. The zero-order valence-electron chi connectivity index (χ0n) is 12.3. The number of anilines is 2. The Bertz CT molecular complexity index is 517. The van der Waals surface area contributed by atoms with Crippen molar-refractivity contribution in [1.82, 2.24) is 0 Å². The van der Waals surface area contributed by atoms with Crippen LogP contribution in [0.25, 0.3) is 0 Å². The van der Waals surface area contributed by atoms with E-state index in [-0.39, 0.29) is 23.9 Å². The fourth-order valence-corrected chi connectivity index (χ4v) is 2.91. The highest BCUT2D eigenvalue weighted by molar-refractivity contribution is 7.17. The first kappa shape index (κ1) is 16.3. The molecule has 0 fully saturated rings. The number of nitriles is 1. The number of nitrogens with one attached hydrogen (secondary N) is 1. The summed E-state index contributed by atoms with van der Waals surface area (Å²) in [5, 5.41) is 13.0. The smallest absolute Gasteiger partial charge is 0.343 e. The van der Waals surface area contributed by atoms with Gasteiger partial charge in [0, 0.05) is 6.04 Å². The molecular formula is C14H21N3O2S. The molecule has 1 unspecified atom stereocenters. The summed E-state index contributed by atoms with van der Waals surface area (Å²) in [5.41, 5.74) is 6.38. The summed E-state index contributed by atoms with van der Waals surface area (Å²) >= 11 is 1.20. The van der Waals surface area contributed by atoms with Crippen LogP contribution < -0.4 is 11.1 Å². The van der Waals surface area contributed by atoms with E-state index in [1.165, 1.54) is 11.3 Å². The van der Waals surface area contributed by atoms with Crippen LogP contribution in [0, 0.1) is 17.2 Å². The van der Waals surface area contributed by atoms with Gasteiger partial charge in [0.1, 0.15) is 21.5 Å². The summed E-state index contributed by atoms with van der Waals surface area (Å²) in [4.78, 5) is 12.4. The molecule has 110 valence electrons. The fraction of sp³-hybridized carbons (Fsp3) is 0.571. The number of nitrogen functional groups attached to an aromatic ring is 1. The zero-order chi connectivity index (χ0) is 15.3. The van der Waals surface area contributed by atoms with Crippen LogP contribution in [-0.2, 0) is 4.74 Å². The minimum absolute atomic E-state index is 0.206. The van der Waals surface area contributed by atoms with Crippen LogP contribution in [0.4, 0.5) is 10.7 Å². The zero-order valence-corrected chi connectivity index (χ0v) is 13.1. The summed E-state index contributed by atoms with van der Waals surface area (Å²) in [7, 11) is 0. The van der Waals surface area contributed by atoms with Gasteiger partial charge in [-0.05, 0) is 19.3 Å². The van der Waals surface area contributed by atoms with Gasteiger partial charge in [0.2, 0.25) is 0 Å². The van der Waals surface area contributed by atoms with Gasteiger partial charge in [0.15, 0.2) is 0 Å². The Kier molecular flexibility index (Phi) is 5.83. The molecule has 20 heavy (non-hydrogen) atoms. The Hall–Kier alpha value is -1.74. The Morgan fingerprint density at radius 2 is 2.15 bits per heavy atom. The van der Waals surface area contributed by atoms with E-state index in [2.05, 4.69) is 26.1 Å². The van der Waals surface area contributed by atoms with Gasteiger partial charge in [-0.25, -0.2) is 4.79 Å². The largest absolute Gasteiger partial charge is 0.462 e. The highest BCUT2D eigenvalue weighted by atomic mass is 32.1. The molecule has 0 radical (unpaired) electrons. The van der Waals surface area contributed by atoms with Crippen LogP contribution >= 0.6 is 11.3 Å². The maximum absolute atomic E-state index is 12.0. The molecule has 6 heteroatoms. The van der Waals surface area contributed by atoms with Crippen LogP contribution in [0.2, 0.25) is 0 Å². The van der Waals surface area contributed by atoms with E-state index in [0.717, 1.165) is 6.42 Å². The molecule has 0 aromatic carbocycles. The first-order valence-electron chi connectivity index (χ1n) is 6.72. The van der Waals surface area contributed by atoms with Crippen molar-refractivity contribution in [3.8, 4) is 6.07 Å². The first-order chi connectivity index (χ1) is 9.46. The minimum Gasteiger partial charge on any atom is -0.462 e. The molecule has 1 aromatic heterocycles. The van der Waals surface area contributed by atoms with Crippen molar-refractivity contribution in [2.45, 2.75) is 40.2 Å². The lowest BCUT2D eigenvalue weighted by Gasteiger charge is -2.21. The van der Waals surface area contributed by atoms with E-state index in [1.54, 1.807) is 6.92 Å². The van der Waals surface area contributed by atoms with Crippen molar-refractivity contribution < 1.29 is 9.53 Å². The Labute approximate surface area is 123 Å². The highest BCUT2D eigenvalue weighted by Crippen LogP contribution is 2.36. The fourth-order valence-electron chi connectivity index (χ4n) is 1.94. The predicted octanol–water partition coefficient (Wildman–Crippen LogP) is 3.23. The number of nitrogens with two attached hydrogens (primary N) is 1. The van der Waals surface area contributed by atoms with Gasteiger partial charge in [0.25, 0.3) is 0 Å². The second-order valence-corrected chi connectivity index (χ2v) is 5.80. The van der Waals surface area contributed by atoms with E-state index in [0.29, 0.717) is 15.8 Å². The van der Waals surface area contributed by atoms with Gasteiger partial charge in [-0.2, -0.15) is 5.26 Å². The summed E-state index contributed by atoms with van der Waals surface area (Å²) in [5.74, 6) is -0.0761. The van der Waals surface area contributed by atoms with Gasteiger partial charge in [-0.15, -0.1) is 11.3 Å². The molecule has 3 N–H and O–H groups in total. The van der Waals surface area contributed by atoms with E-state index < -0.39 is 5.97 Å². The lowest BCUT2D eigenvalue weighted by molar-refractivity contribution is 0.0529. The number of thiophene rings is 1. The molecule has 1 atom stereocenters. The summed E-state index contributed by atoms with van der Waals surface area (Å²) in [6, 6.07) is 2.23. The third-order valence-corrected chi connectivity index (χ3v) is 4.13. The van der Waals surface area contributed by atoms with Crippen molar-refractivity contribution in [2.24, 2.45) is 5.92 Å². The standard InChI is InChI=1S/C14H21N3O2S/c1-5-9(8(3)4)17-13-11(14(18)19-6-2)12(16)10(7-15)20-13/h8-9,17H,5-6,16H2,1-4H3. The molecule has 0 aliphatic carbocycles. The number of hydrogen-bond donors (Lipinski definition) is 2. The van der Waals surface area contributed by atoms with Gasteiger partial charge >= 0.3 is 5.97 Å². The molecule has 0 aliphatic rings. The Morgan fingerprint density at radius 1 is 1.50 bits per heavy atom. The summed E-state index contributed by atoms with van der Waals surface area (Å²) in [6.07, 6.45) is 0.916. The quantitative estimate of drug-likeness (QED) is 0.787. The van der Waals surface area contributed by atoms with Gasteiger partial charge in [-0.3, -0.25) is 0 Å². The molecule has 0 bridgehead atoms. The number of rotatable bonds is 6. The van der Waals surface area contributed by atoms with Gasteiger partial charge < -0.3 is 15.8 Å². The predicted molar refractivity (Wildman–Crippen MR) is 81.9 cm³/mol. The van der Waals surface area contributed by atoms with Crippen LogP contribution in [-0.4, -0.2) is 18.6 Å². The SMILES string of the molecule is CCOC(=O)c1c(NC(CC)C(C)C)sc(C#N)c1N. The summed E-state index contributed by atoms with van der Waals surface area (Å²) < 4.78 is 5.02. The average Bonchev–Trinajstić information content (AvgIpc) is 2.71. The molecule has 0 aliphatic heterocycles. The Morgan fingerprint density at radius 3 is 2.60 bits per heavy atom. The molecule has 5 nitrogen and oxygen atoms in total. The summed E-state index contributed by atoms with van der Waals surface area (Å²) in [6.45, 7) is 8.29. The van der Waals surface area contributed by atoms with Crippen molar-refractivity contribution in [1.29, 1.82) is 5.26 Å². The molecular weight excluding hydrogens is 274 g/mol. The Balaban J connectivity index is 3.18. The molecule has 1 aromatic rings. The topological polar surface area (TPSA) is 88.1 Å². The van der Waals surface area contributed by atoms with Crippen molar-refractivity contribution in [3.05, 3.63) is 10.4 Å². The number of carbonyl (C=O) groups excluding carboxylic acids is 1. The lowest BCUT2D eigenvalue weighted by Crippen LogP contribution is -2.25. The third kappa shape index (κ3) is 3.42. The molecule has 1 heterocycles. The number of hydrogen-bond acceptors (Lipinski definition) is 6. The van der Waals surface area contributed by atoms with Crippen LogP contribution in [0.1, 0.15) is 49.4 Å². The van der Waals surface area contributed by atoms with Crippen molar-refractivity contribution in [3.63, 3.8) is 0 Å². The molecule has 0 spiro atoms. The molecule has 0 saturated carbocycles. The first-order valence-corrected chi connectivity index (χ1v) is 7.53. The van der Waals surface area contributed by atoms with E-state index in [1.807, 2.05) is 6.07 Å². The van der Waals surface area contributed by atoms with Gasteiger partial charge in [0.05, 0.1) is 12.3 Å². The number of carbonyl (C=O) groups is 1. The van der Waals surface area contributed by atoms with E-state index >= 15 is 0 Å². The molecule has 0 amide bonds. The van der Waals surface area contributed by atoms with Crippen LogP contribution in [0.3, 0.4) is 0 Å². The maximum Gasteiger partial charge on any atom is 0.343 e. The number of nitrogens with zero attached hydrogens (tertiary/aromatic N) is 1. The van der Waals surface area contributed by atoms with Crippen LogP contribution in [0.5, 0.6) is 0 Å². The second kappa shape index (κ2) is 7.15. The molecule has 0 saturated heterocycles. The van der Waals surface area contributed by atoms with Crippen molar-refractivity contribution in [2.75, 3.05) is 17.7 Å². The van der Waals surface area contributed by atoms with Crippen LogP contribution in [0.15, 0.2) is 0 Å². The van der Waals surface area contributed by atoms with E-state index in [4.69, 9.17) is 15.7 Å². The normalized spacial score (nSPS) is 12.0. The number of esters is 1. The minimum atomic E-state index is -0.483. The number of ether oxygens (including phenoxy) is 1. The highest BCUT2D eigenvalue weighted by Gasteiger charge is 2.25.